The number of carbonyl (C=O) groups excluding carboxylic acids is 1. The lowest BCUT2D eigenvalue weighted by Crippen LogP contribution is -3.00. The zero-order valence-corrected chi connectivity index (χ0v) is 21.6. The van der Waals surface area contributed by atoms with Gasteiger partial charge in [-0.15, -0.1) is 11.3 Å². The molecule has 4 aliphatic rings. The molecular weight excluding hydrogens is 524 g/mol. The molecule has 1 aromatic heterocycles. The van der Waals surface area contributed by atoms with Crippen molar-refractivity contribution >= 4 is 17.3 Å². The smallest absolute Gasteiger partial charge is 0.344 e. The van der Waals surface area contributed by atoms with Gasteiger partial charge in [0, 0.05) is 48.8 Å². The van der Waals surface area contributed by atoms with Gasteiger partial charge in [0.1, 0.15) is 6.54 Å². The first kappa shape index (κ1) is 25.7. The third-order valence-corrected chi connectivity index (χ3v) is 9.21. The molecule has 8 heteroatoms. The van der Waals surface area contributed by atoms with Crippen molar-refractivity contribution in [2.45, 2.75) is 56.2 Å². The number of piperidine rings is 3. The summed E-state index contributed by atoms with van der Waals surface area (Å²) in [6, 6.07) is 13.8. The minimum absolute atomic E-state index is 0. The maximum absolute atomic E-state index is 14.0. The lowest BCUT2D eigenvalue weighted by Gasteiger charge is -2.52. The first-order chi connectivity index (χ1) is 15.8. The first-order valence-electron chi connectivity index (χ1n) is 12.0. The van der Waals surface area contributed by atoms with Crippen molar-refractivity contribution in [1.82, 2.24) is 0 Å². The lowest BCUT2D eigenvalue weighted by molar-refractivity contribution is -0.946. The van der Waals surface area contributed by atoms with Crippen LogP contribution in [0.4, 0.5) is 8.78 Å². The van der Waals surface area contributed by atoms with Crippen LogP contribution < -0.4 is 17.0 Å². The molecule has 186 valence electrons. The Bertz CT molecular complexity index is 966. The van der Waals surface area contributed by atoms with Crippen molar-refractivity contribution in [3.05, 3.63) is 58.3 Å². The van der Waals surface area contributed by atoms with Crippen LogP contribution in [0.5, 0.6) is 0 Å². The number of thiophene rings is 1. The van der Waals surface area contributed by atoms with E-state index in [-0.39, 0.29) is 41.8 Å². The standard InChI is InChI=1S/C26H32F2NO3S.BrH/c27-25(28)12-8-21(17-25)26(31,23-7-4-16-33-23)24(30)32-22-18-29(14-10-20(22)11-15-29)13-9-19-5-2-1-3-6-19;/h1-7,16,20-22,31H,8-15,17-18H2;1H/q+1;/p-1/t20?,21?,22-,26?,29?;/m0./s1. The molecule has 34 heavy (non-hydrogen) atoms. The summed E-state index contributed by atoms with van der Waals surface area (Å²) in [5.74, 6) is -4.14. The van der Waals surface area contributed by atoms with E-state index < -0.39 is 29.8 Å². The summed E-state index contributed by atoms with van der Waals surface area (Å²) in [5, 5.41) is 13.3. The Hall–Kier alpha value is -1.35. The number of ether oxygens (including phenoxy) is 1. The predicted molar refractivity (Wildman–Crippen MR) is 123 cm³/mol. The number of esters is 1. The van der Waals surface area contributed by atoms with Gasteiger partial charge in [0.05, 0.1) is 19.6 Å². The molecule has 4 fully saturated rings. The maximum Gasteiger partial charge on any atom is 0.344 e. The van der Waals surface area contributed by atoms with E-state index >= 15 is 0 Å². The van der Waals surface area contributed by atoms with Gasteiger partial charge in [-0.25, -0.2) is 13.6 Å². The van der Waals surface area contributed by atoms with E-state index in [0.717, 1.165) is 49.9 Å². The Labute approximate surface area is 214 Å². The van der Waals surface area contributed by atoms with Crippen LogP contribution in [0.2, 0.25) is 0 Å². The highest BCUT2D eigenvalue weighted by atomic mass is 79.9. The first-order valence-corrected chi connectivity index (χ1v) is 12.9. The van der Waals surface area contributed by atoms with Gasteiger partial charge in [-0.1, -0.05) is 36.4 Å². The van der Waals surface area contributed by atoms with Crippen LogP contribution in [0.3, 0.4) is 0 Å². The highest BCUT2D eigenvalue weighted by Gasteiger charge is 2.56. The number of fused-ring (bicyclic) bond motifs is 3. The number of carbonyl (C=O) groups is 1. The van der Waals surface area contributed by atoms with E-state index in [1.165, 1.54) is 16.9 Å². The number of halogens is 3. The fourth-order valence-corrected chi connectivity index (χ4v) is 7.07. The Morgan fingerprint density at radius 2 is 1.88 bits per heavy atom. The number of nitrogens with zero attached hydrogens (tertiary/aromatic N) is 1. The highest BCUT2D eigenvalue weighted by molar-refractivity contribution is 7.10. The zero-order chi connectivity index (χ0) is 23.1. The molecule has 2 aromatic rings. The van der Waals surface area contributed by atoms with E-state index in [1.807, 2.05) is 6.07 Å². The van der Waals surface area contributed by atoms with Gasteiger partial charge in [0.2, 0.25) is 5.92 Å². The molecule has 4 heterocycles. The summed E-state index contributed by atoms with van der Waals surface area (Å²) in [6.07, 6.45) is 2.01. The fourth-order valence-electron chi connectivity index (χ4n) is 6.18. The van der Waals surface area contributed by atoms with Gasteiger partial charge in [-0.3, -0.25) is 0 Å². The average Bonchev–Trinajstić information content (AvgIpc) is 3.49. The van der Waals surface area contributed by atoms with Crippen LogP contribution >= 0.6 is 11.3 Å². The molecule has 2 bridgehead atoms. The Balaban J connectivity index is 0.00000274. The van der Waals surface area contributed by atoms with Crippen molar-refractivity contribution < 1.29 is 44.9 Å². The third-order valence-electron chi connectivity index (χ3n) is 8.22. The molecule has 0 spiro atoms. The number of aliphatic hydroxyl groups is 1. The van der Waals surface area contributed by atoms with Crippen molar-refractivity contribution in [3.8, 4) is 0 Å². The van der Waals surface area contributed by atoms with E-state index in [2.05, 4.69) is 24.3 Å². The second kappa shape index (κ2) is 9.96. The molecule has 3 aliphatic heterocycles. The van der Waals surface area contributed by atoms with Gasteiger partial charge in [0.15, 0.2) is 11.7 Å². The van der Waals surface area contributed by atoms with Crippen molar-refractivity contribution in [3.63, 3.8) is 0 Å². The Morgan fingerprint density at radius 1 is 1.15 bits per heavy atom. The number of quaternary nitrogens is 1. The predicted octanol–water partition coefficient (Wildman–Crippen LogP) is 1.77. The molecule has 2 unspecified atom stereocenters. The van der Waals surface area contributed by atoms with Crippen molar-refractivity contribution in [1.29, 1.82) is 0 Å². The highest BCUT2D eigenvalue weighted by Crippen LogP contribution is 2.49. The molecule has 1 N–H and O–H groups in total. The van der Waals surface area contributed by atoms with Gasteiger partial charge in [-0.05, 0) is 23.4 Å². The van der Waals surface area contributed by atoms with Crippen LogP contribution in [-0.2, 0) is 21.6 Å². The quantitative estimate of drug-likeness (QED) is 0.418. The number of alkyl halides is 2. The average molecular weight is 557 g/mol. The van der Waals surface area contributed by atoms with Gasteiger partial charge in [0.25, 0.3) is 0 Å². The second-order valence-electron chi connectivity index (χ2n) is 10.3. The van der Waals surface area contributed by atoms with Crippen LogP contribution in [0.15, 0.2) is 47.8 Å². The Kier molecular flexibility index (Phi) is 7.54. The zero-order valence-electron chi connectivity index (χ0n) is 19.2. The summed E-state index contributed by atoms with van der Waals surface area (Å²) in [7, 11) is 0. The summed E-state index contributed by atoms with van der Waals surface area (Å²) in [6.45, 7) is 3.89. The molecule has 3 atom stereocenters. The summed E-state index contributed by atoms with van der Waals surface area (Å²) in [5.41, 5.74) is -0.699. The summed E-state index contributed by atoms with van der Waals surface area (Å²) < 4.78 is 35.0. The molecule has 1 saturated carbocycles. The van der Waals surface area contributed by atoms with Crippen molar-refractivity contribution in [2.24, 2.45) is 11.8 Å². The molecule has 1 aliphatic carbocycles. The molecular formula is C26H32BrF2NO3S. The monoisotopic (exact) mass is 555 g/mol. The number of hydrogen-bond acceptors (Lipinski definition) is 4. The van der Waals surface area contributed by atoms with Gasteiger partial charge >= 0.3 is 5.97 Å². The minimum atomic E-state index is -2.85. The number of hydrogen-bond donors (Lipinski definition) is 1. The van der Waals surface area contributed by atoms with E-state index in [4.69, 9.17) is 4.74 Å². The fraction of sp³-hybridized carbons (Fsp3) is 0.577. The molecule has 3 saturated heterocycles. The maximum atomic E-state index is 14.0. The summed E-state index contributed by atoms with van der Waals surface area (Å²) >= 11 is 1.23. The van der Waals surface area contributed by atoms with Gasteiger partial charge in [-0.2, -0.15) is 0 Å². The van der Waals surface area contributed by atoms with E-state index in [0.29, 0.717) is 4.88 Å². The molecule has 6 rings (SSSR count). The molecule has 0 radical (unpaired) electrons. The van der Waals surface area contributed by atoms with E-state index in [1.54, 1.807) is 17.5 Å². The lowest BCUT2D eigenvalue weighted by atomic mass is 9.81. The van der Waals surface area contributed by atoms with E-state index in [9.17, 15) is 18.7 Å². The van der Waals surface area contributed by atoms with Crippen LogP contribution in [0.1, 0.15) is 42.5 Å². The minimum Gasteiger partial charge on any atom is -1.00 e. The third kappa shape index (κ3) is 4.97. The number of benzene rings is 1. The second-order valence-corrected chi connectivity index (χ2v) is 11.2. The molecule has 0 amide bonds. The molecule has 1 aromatic carbocycles. The SMILES string of the molecule is O=C(O[C@H]1C[N+]2(CCc3ccccc3)CCC1CC2)C(O)(c1cccs1)C1CCC(F)(F)C1.[Br-]. The molecule has 4 nitrogen and oxygen atoms in total. The number of rotatable bonds is 7. The topological polar surface area (TPSA) is 46.5 Å². The van der Waals surface area contributed by atoms with Crippen LogP contribution in [0, 0.1) is 11.8 Å². The van der Waals surface area contributed by atoms with Gasteiger partial charge < -0.3 is 31.3 Å². The van der Waals surface area contributed by atoms with Crippen LogP contribution in [-0.4, -0.2) is 53.8 Å². The normalized spacial score (nSPS) is 31.4. The van der Waals surface area contributed by atoms with Crippen molar-refractivity contribution in [2.75, 3.05) is 26.2 Å². The Morgan fingerprint density at radius 3 is 2.50 bits per heavy atom. The largest absolute Gasteiger partial charge is 1.00 e. The summed E-state index contributed by atoms with van der Waals surface area (Å²) in [4.78, 5) is 13.9. The van der Waals surface area contributed by atoms with Crippen LogP contribution in [0.25, 0.3) is 0 Å².